The van der Waals surface area contributed by atoms with E-state index in [0.717, 1.165) is 5.39 Å². The molecule has 1 atom stereocenters. The number of morpholine rings is 1. The maximum absolute atomic E-state index is 12.5. The Labute approximate surface area is 168 Å². The van der Waals surface area contributed by atoms with Gasteiger partial charge in [-0.15, -0.1) is 0 Å². The van der Waals surface area contributed by atoms with Crippen molar-refractivity contribution in [2.45, 2.75) is 39.4 Å². The summed E-state index contributed by atoms with van der Waals surface area (Å²) in [4.78, 5) is 30.7. The molecule has 0 bridgehead atoms. The Kier molecular flexibility index (Phi) is 6.21. The zero-order chi connectivity index (χ0) is 21.0. The minimum absolute atomic E-state index is 0.263. The molecule has 1 unspecified atom stereocenters. The van der Waals surface area contributed by atoms with Gasteiger partial charge in [0, 0.05) is 25.8 Å². The predicted octanol–water partition coefficient (Wildman–Crippen LogP) is 1.86. The van der Waals surface area contributed by atoms with Gasteiger partial charge in [0.15, 0.2) is 5.65 Å². The van der Waals surface area contributed by atoms with Crippen molar-refractivity contribution in [2.75, 3.05) is 37.7 Å². The summed E-state index contributed by atoms with van der Waals surface area (Å²) in [5.41, 5.74) is 1.10. The lowest BCUT2D eigenvalue weighted by molar-refractivity contribution is 0.0282. The monoisotopic (exact) mass is 405 g/mol. The number of alkyl carbamates (subject to hydrolysis) is 1. The summed E-state index contributed by atoms with van der Waals surface area (Å²) in [5, 5.41) is 10.3. The lowest BCUT2D eigenvalue weighted by atomic mass is 10.1. The highest BCUT2D eigenvalue weighted by atomic mass is 16.6. The van der Waals surface area contributed by atoms with Crippen molar-refractivity contribution in [2.24, 2.45) is 0 Å². The molecule has 0 aromatic carbocycles. The largest absolute Gasteiger partial charge is 0.462 e. The van der Waals surface area contributed by atoms with E-state index in [2.05, 4.69) is 20.5 Å². The molecule has 29 heavy (non-hydrogen) atoms. The first-order chi connectivity index (χ1) is 13.8. The molecule has 1 aliphatic rings. The Morgan fingerprint density at radius 2 is 2.17 bits per heavy atom. The number of nitrogens with one attached hydrogen (secondary N) is 2. The second-order valence-corrected chi connectivity index (χ2v) is 7.69. The van der Waals surface area contributed by atoms with Gasteiger partial charge in [-0.25, -0.2) is 14.6 Å². The Bertz CT molecular complexity index is 875. The number of esters is 1. The number of aromatic amines is 1. The SMILES string of the molecule is CCOC(=O)c1cnc2[nH]ncc2c1N1CCOC(CNC(=O)OC(C)(C)C)C1. The highest BCUT2D eigenvalue weighted by Crippen LogP contribution is 2.30. The molecule has 10 nitrogen and oxygen atoms in total. The number of fused-ring (bicyclic) bond motifs is 1. The minimum Gasteiger partial charge on any atom is -0.462 e. The molecule has 0 spiro atoms. The fourth-order valence-electron chi connectivity index (χ4n) is 3.14. The normalized spacial score (nSPS) is 17.2. The molecular weight excluding hydrogens is 378 g/mol. The fourth-order valence-corrected chi connectivity index (χ4v) is 3.14. The van der Waals surface area contributed by atoms with Crippen molar-refractivity contribution in [3.8, 4) is 0 Å². The molecule has 1 fully saturated rings. The number of anilines is 1. The van der Waals surface area contributed by atoms with Crippen LogP contribution in [0.3, 0.4) is 0 Å². The number of rotatable bonds is 5. The van der Waals surface area contributed by atoms with Crippen LogP contribution < -0.4 is 10.2 Å². The molecule has 3 heterocycles. The van der Waals surface area contributed by atoms with Crippen molar-refractivity contribution >= 4 is 28.8 Å². The number of carbonyl (C=O) groups is 2. The van der Waals surface area contributed by atoms with Crippen LogP contribution in [0, 0.1) is 0 Å². The Morgan fingerprint density at radius 1 is 1.38 bits per heavy atom. The molecule has 10 heteroatoms. The molecule has 2 aromatic rings. The Hall–Kier alpha value is -2.88. The van der Waals surface area contributed by atoms with E-state index >= 15 is 0 Å². The van der Waals surface area contributed by atoms with Gasteiger partial charge >= 0.3 is 12.1 Å². The van der Waals surface area contributed by atoms with Crippen molar-refractivity contribution in [3.05, 3.63) is 18.0 Å². The van der Waals surface area contributed by atoms with E-state index in [1.54, 1.807) is 13.1 Å². The maximum Gasteiger partial charge on any atom is 0.407 e. The Balaban J connectivity index is 1.77. The summed E-state index contributed by atoms with van der Waals surface area (Å²) in [5.74, 6) is -0.437. The number of H-pyrrole nitrogens is 1. The van der Waals surface area contributed by atoms with Crippen LogP contribution in [-0.2, 0) is 14.2 Å². The van der Waals surface area contributed by atoms with E-state index in [4.69, 9.17) is 14.2 Å². The molecule has 0 aliphatic carbocycles. The van der Waals surface area contributed by atoms with Gasteiger partial charge < -0.3 is 24.4 Å². The molecule has 1 saturated heterocycles. The molecule has 2 N–H and O–H groups in total. The molecule has 1 aliphatic heterocycles. The van der Waals surface area contributed by atoms with Crippen molar-refractivity contribution in [1.82, 2.24) is 20.5 Å². The highest BCUT2D eigenvalue weighted by Gasteiger charge is 2.28. The first-order valence-corrected chi connectivity index (χ1v) is 9.61. The average Bonchev–Trinajstić information content (AvgIpc) is 3.13. The molecule has 158 valence electrons. The summed E-state index contributed by atoms with van der Waals surface area (Å²) >= 11 is 0. The van der Waals surface area contributed by atoms with E-state index in [-0.39, 0.29) is 12.7 Å². The lowest BCUT2D eigenvalue weighted by Gasteiger charge is -2.35. The van der Waals surface area contributed by atoms with Crippen LogP contribution >= 0.6 is 0 Å². The highest BCUT2D eigenvalue weighted by molar-refractivity contribution is 6.04. The van der Waals surface area contributed by atoms with Crippen LogP contribution in [0.2, 0.25) is 0 Å². The molecule has 3 rings (SSSR count). The standard InChI is InChI=1S/C19H27N5O5/c1-5-27-17(25)14-9-20-16-13(10-22-23-16)15(14)24-6-7-28-12(11-24)8-21-18(26)29-19(2,3)4/h9-10,12H,5-8,11H2,1-4H3,(H,21,26)(H,20,22,23). The van der Waals surface area contributed by atoms with E-state index < -0.39 is 17.7 Å². The Morgan fingerprint density at radius 3 is 2.90 bits per heavy atom. The average molecular weight is 405 g/mol. The first-order valence-electron chi connectivity index (χ1n) is 9.61. The van der Waals surface area contributed by atoms with Gasteiger partial charge in [-0.2, -0.15) is 5.10 Å². The second-order valence-electron chi connectivity index (χ2n) is 7.69. The number of hydrogen-bond acceptors (Lipinski definition) is 8. The molecule has 0 radical (unpaired) electrons. The summed E-state index contributed by atoms with van der Waals surface area (Å²) in [7, 11) is 0. The predicted molar refractivity (Wildman–Crippen MR) is 106 cm³/mol. The van der Waals surface area contributed by atoms with E-state index in [9.17, 15) is 9.59 Å². The van der Waals surface area contributed by atoms with E-state index in [1.807, 2.05) is 25.7 Å². The van der Waals surface area contributed by atoms with Gasteiger partial charge in [0.25, 0.3) is 0 Å². The van der Waals surface area contributed by atoms with Gasteiger partial charge in [0.2, 0.25) is 0 Å². The van der Waals surface area contributed by atoms with Crippen LogP contribution in [0.4, 0.5) is 10.5 Å². The van der Waals surface area contributed by atoms with Crippen LogP contribution in [0.5, 0.6) is 0 Å². The summed E-state index contributed by atoms with van der Waals surface area (Å²) in [6.07, 6.45) is 2.38. The fraction of sp³-hybridized carbons (Fsp3) is 0.579. The zero-order valence-corrected chi connectivity index (χ0v) is 17.2. The van der Waals surface area contributed by atoms with Crippen molar-refractivity contribution in [1.29, 1.82) is 0 Å². The first kappa shape index (κ1) is 20.8. The summed E-state index contributed by atoms with van der Waals surface area (Å²) in [6, 6.07) is 0. The van der Waals surface area contributed by atoms with Crippen molar-refractivity contribution in [3.63, 3.8) is 0 Å². The van der Waals surface area contributed by atoms with E-state index in [1.165, 1.54) is 6.20 Å². The van der Waals surface area contributed by atoms with Gasteiger partial charge in [-0.05, 0) is 27.7 Å². The number of hydrogen-bond donors (Lipinski definition) is 2. The zero-order valence-electron chi connectivity index (χ0n) is 17.2. The molecular formula is C19H27N5O5. The number of aromatic nitrogens is 3. The smallest absolute Gasteiger partial charge is 0.407 e. The van der Waals surface area contributed by atoms with Crippen molar-refractivity contribution < 1.29 is 23.8 Å². The minimum atomic E-state index is -0.567. The number of pyridine rings is 1. The van der Waals surface area contributed by atoms with Crippen LogP contribution in [-0.4, -0.2) is 71.8 Å². The molecule has 0 saturated carbocycles. The number of amides is 1. The van der Waals surface area contributed by atoms with Crippen LogP contribution in [0.15, 0.2) is 12.4 Å². The lowest BCUT2D eigenvalue weighted by Crippen LogP contribution is -2.48. The summed E-state index contributed by atoms with van der Waals surface area (Å²) < 4.78 is 16.2. The quantitative estimate of drug-likeness (QED) is 0.724. The third kappa shape index (κ3) is 5.14. The van der Waals surface area contributed by atoms with Gasteiger partial charge in [-0.1, -0.05) is 0 Å². The third-order valence-electron chi connectivity index (χ3n) is 4.28. The van der Waals surface area contributed by atoms with Gasteiger partial charge in [0.05, 0.1) is 36.6 Å². The maximum atomic E-state index is 12.5. The van der Waals surface area contributed by atoms with Crippen LogP contribution in [0.25, 0.3) is 11.0 Å². The third-order valence-corrected chi connectivity index (χ3v) is 4.28. The molecule has 1 amide bonds. The van der Waals surface area contributed by atoms with Gasteiger partial charge in [-0.3, -0.25) is 5.10 Å². The number of carbonyl (C=O) groups excluding carboxylic acids is 2. The number of nitrogens with zero attached hydrogens (tertiary/aromatic N) is 3. The summed E-state index contributed by atoms with van der Waals surface area (Å²) in [6.45, 7) is 9.25. The van der Waals surface area contributed by atoms with Crippen LogP contribution in [0.1, 0.15) is 38.1 Å². The van der Waals surface area contributed by atoms with Gasteiger partial charge in [0.1, 0.15) is 11.2 Å². The van der Waals surface area contributed by atoms with E-state index in [0.29, 0.717) is 43.1 Å². The molecule has 2 aromatic heterocycles. The second kappa shape index (κ2) is 8.64. The number of ether oxygens (including phenoxy) is 3. The topological polar surface area (TPSA) is 119 Å².